The molecular weight excluding hydrogens is 323 g/mol. The van der Waals surface area contributed by atoms with Crippen molar-refractivity contribution < 1.29 is 9.18 Å². The van der Waals surface area contributed by atoms with E-state index in [4.69, 9.17) is 5.73 Å². The first-order valence-corrected chi connectivity index (χ1v) is 6.93. The molecular formula is C15H14BrFN2O. The van der Waals surface area contributed by atoms with Crippen LogP contribution in [-0.4, -0.2) is 12.5 Å². The Balaban J connectivity index is 1.88. The van der Waals surface area contributed by atoms with E-state index in [9.17, 15) is 9.18 Å². The van der Waals surface area contributed by atoms with Gasteiger partial charge in [-0.2, -0.15) is 0 Å². The van der Waals surface area contributed by atoms with Crippen molar-refractivity contribution in [3.63, 3.8) is 0 Å². The highest BCUT2D eigenvalue weighted by Gasteiger charge is 2.08. The predicted molar refractivity (Wildman–Crippen MR) is 81.0 cm³/mol. The molecule has 2 aromatic rings. The fourth-order valence-electron chi connectivity index (χ4n) is 1.74. The van der Waals surface area contributed by atoms with E-state index in [0.717, 1.165) is 5.56 Å². The van der Waals surface area contributed by atoms with Gasteiger partial charge < -0.3 is 11.1 Å². The van der Waals surface area contributed by atoms with Crippen LogP contribution in [0.5, 0.6) is 0 Å². The Morgan fingerprint density at radius 3 is 2.55 bits per heavy atom. The van der Waals surface area contributed by atoms with Gasteiger partial charge in [0.15, 0.2) is 0 Å². The number of benzene rings is 2. The summed E-state index contributed by atoms with van der Waals surface area (Å²) in [5.74, 6) is -0.733. The van der Waals surface area contributed by atoms with Gasteiger partial charge in [-0.3, -0.25) is 4.79 Å². The van der Waals surface area contributed by atoms with Crippen molar-refractivity contribution in [3.8, 4) is 0 Å². The number of nitrogens with one attached hydrogen (secondary N) is 1. The molecule has 0 bridgehead atoms. The summed E-state index contributed by atoms with van der Waals surface area (Å²) < 4.78 is 13.7. The predicted octanol–water partition coefficient (Wildman–Crippen LogP) is 3.14. The van der Waals surface area contributed by atoms with E-state index in [1.54, 1.807) is 6.07 Å². The van der Waals surface area contributed by atoms with Gasteiger partial charge in [0.25, 0.3) is 5.91 Å². The van der Waals surface area contributed by atoms with Gasteiger partial charge in [-0.05, 0) is 58.2 Å². The van der Waals surface area contributed by atoms with E-state index in [2.05, 4.69) is 21.2 Å². The van der Waals surface area contributed by atoms with Crippen LogP contribution in [0.15, 0.2) is 46.9 Å². The Kier molecular flexibility index (Phi) is 4.74. The standard InChI is InChI=1S/C15H14BrFN2O/c16-13-6-3-11(9-14(13)17)15(20)19-8-7-10-1-4-12(18)5-2-10/h1-6,9H,7-8,18H2,(H,19,20). The van der Waals surface area contributed by atoms with Gasteiger partial charge in [-0.15, -0.1) is 0 Å². The second kappa shape index (κ2) is 6.52. The van der Waals surface area contributed by atoms with E-state index in [1.165, 1.54) is 12.1 Å². The van der Waals surface area contributed by atoms with Gasteiger partial charge in [0.05, 0.1) is 4.47 Å². The molecule has 0 saturated heterocycles. The van der Waals surface area contributed by atoms with Crippen molar-refractivity contribution in [2.45, 2.75) is 6.42 Å². The molecule has 0 atom stereocenters. The van der Waals surface area contributed by atoms with Crippen molar-refractivity contribution in [1.29, 1.82) is 0 Å². The molecule has 1 amide bonds. The number of carbonyl (C=O) groups is 1. The van der Waals surface area contributed by atoms with Gasteiger partial charge in [0, 0.05) is 17.8 Å². The first-order chi connectivity index (χ1) is 9.56. The van der Waals surface area contributed by atoms with E-state index < -0.39 is 5.82 Å². The van der Waals surface area contributed by atoms with Crippen LogP contribution in [0.2, 0.25) is 0 Å². The zero-order valence-corrected chi connectivity index (χ0v) is 12.3. The number of nitrogens with two attached hydrogens (primary N) is 1. The Labute approximate surface area is 125 Å². The maximum atomic E-state index is 13.3. The van der Waals surface area contributed by atoms with Crippen molar-refractivity contribution >= 4 is 27.5 Å². The Morgan fingerprint density at radius 1 is 1.20 bits per heavy atom. The summed E-state index contributed by atoms with van der Waals surface area (Å²) >= 11 is 3.05. The SMILES string of the molecule is Nc1ccc(CCNC(=O)c2ccc(Br)c(F)c2)cc1. The molecule has 5 heteroatoms. The maximum Gasteiger partial charge on any atom is 0.251 e. The quantitative estimate of drug-likeness (QED) is 0.842. The summed E-state index contributed by atoms with van der Waals surface area (Å²) in [6.45, 7) is 0.487. The van der Waals surface area contributed by atoms with E-state index in [1.807, 2.05) is 24.3 Å². The monoisotopic (exact) mass is 336 g/mol. The lowest BCUT2D eigenvalue weighted by Crippen LogP contribution is -2.25. The molecule has 0 radical (unpaired) electrons. The van der Waals surface area contributed by atoms with E-state index >= 15 is 0 Å². The summed E-state index contributed by atoms with van der Waals surface area (Å²) in [5, 5.41) is 2.76. The Hall–Kier alpha value is -1.88. The van der Waals surface area contributed by atoms with Gasteiger partial charge in [-0.25, -0.2) is 4.39 Å². The van der Waals surface area contributed by atoms with Crippen molar-refractivity contribution in [1.82, 2.24) is 5.32 Å². The summed E-state index contributed by atoms with van der Waals surface area (Å²) in [5.41, 5.74) is 7.70. The number of nitrogen functional groups attached to an aromatic ring is 1. The molecule has 2 rings (SSSR count). The minimum atomic E-state index is -0.448. The molecule has 0 aliphatic rings. The van der Waals surface area contributed by atoms with Crippen molar-refractivity contribution in [3.05, 3.63) is 63.9 Å². The molecule has 0 heterocycles. The zero-order valence-electron chi connectivity index (χ0n) is 10.7. The van der Waals surface area contributed by atoms with Crippen LogP contribution in [0, 0.1) is 5.82 Å². The van der Waals surface area contributed by atoms with Crippen LogP contribution in [0.4, 0.5) is 10.1 Å². The van der Waals surface area contributed by atoms with Crippen LogP contribution < -0.4 is 11.1 Å². The molecule has 3 nitrogen and oxygen atoms in total. The minimum absolute atomic E-state index is 0.285. The van der Waals surface area contributed by atoms with Crippen LogP contribution in [0.3, 0.4) is 0 Å². The van der Waals surface area contributed by atoms with Crippen LogP contribution in [-0.2, 0) is 6.42 Å². The number of rotatable bonds is 4. The zero-order chi connectivity index (χ0) is 14.5. The lowest BCUT2D eigenvalue weighted by atomic mass is 10.1. The summed E-state index contributed by atoms with van der Waals surface area (Å²) in [6, 6.07) is 11.8. The Morgan fingerprint density at radius 2 is 1.90 bits per heavy atom. The molecule has 2 aromatic carbocycles. The smallest absolute Gasteiger partial charge is 0.251 e. The second-order valence-corrected chi connectivity index (χ2v) is 5.23. The average Bonchev–Trinajstić information content (AvgIpc) is 2.44. The molecule has 0 aliphatic heterocycles. The van der Waals surface area contributed by atoms with Gasteiger partial charge >= 0.3 is 0 Å². The summed E-state index contributed by atoms with van der Waals surface area (Å²) in [6.07, 6.45) is 0.699. The molecule has 0 aromatic heterocycles. The largest absolute Gasteiger partial charge is 0.399 e. The van der Waals surface area contributed by atoms with Crippen LogP contribution >= 0.6 is 15.9 Å². The summed E-state index contributed by atoms with van der Waals surface area (Å²) in [7, 11) is 0. The molecule has 0 aliphatic carbocycles. The fraction of sp³-hybridized carbons (Fsp3) is 0.133. The topological polar surface area (TPSA) is 55.1 Å². The third-order valence-corrected chi connectivity index (χ3v) is 3.50. The average molecular weight is 337 g/mol. The first kappa shape index (κ1) is 14.5. The third kappa shape index (κ3) is 3.81. The normalized spacial score (nSPS) is 10.3. The number of hydrogen-bond donors (Lipinski definition) is 2. The molecule has 20 heavy (non-hydrogen) atoms. The van der Waals surface area contributed by atoms with Gasteiger partial charge in [-0.1, -0.05) is 12.1 Å². The molecule has 3 N–H and O–H groups in total. The van der Waals surface area contributed by atoms with E-state index in [-0.39, 0.29) is 5.91 Å². The molecule has 104 valence electrons. The van der Waals surface area contributed by atoms with Crippen LogP contribution in [0.1, 0.15) is 15.9 Å². The van der Waals surface area contributed by atoms with Crippen molar-refractivity contribution in [2.75, 3.05) is 12.3 Å². The fourth-order valence-corrected chi connectivity index (χ4v) is 1.99. The number of hydrogen-bond acceptors (Lipinski definition) is 2. The molecule has 0 spiro atoms. The van der Waals surface area contributed by atoms with E-state index in [0.29, 0.717) is 28.7 Å². The highest BCUT2D eigenvalue weighted by atomic mass is 79.9. The number of anilines is 1. The first-order valence-electron chi connectivity index (χ1n) is 6.14. The highest BCUT2D eigenvalue weighted by molar-refractivity contribution is 9.10. The highest BCUT2D eigenvalue weighted by Crippen LogP contribution is 2.16. The number of carbonyl (C=O) groups excluding carboxylic acids is 1. The van der Waals surface area contributed by atoms with Crippen molar-refractivity contribution in [2.24, 2.45) is 0 Å². The lowest BCUT2D eigenvalue weighted by molar-refractivity contribution is 0.0953. The molecule has 0 saturated carbocycles. The minimum Gasteiger partial charge on any atom is -0.399 e. The molecule has 0 fully saturated rings. The lowest BCUT2D eigenvalue weighted by Gasteiger charge is -2.06. The Bertz CT molecular complexity index is 614. The van der Waals surface area contributed by atoms with Gasteiger partial charge in [0.1, 0.15) is 5.82 Å². The maximum absolute atomic E-state index is 13.3. The second-order valence-electron chi connectivity index (χ2n) is 4.38. The summed E-state index contributed by atoms with van der Waals surface area (Å²) in [4.78, 5) is 11.8. The van der Waals surface area contributed by atoms with Gasteiger partial charge in [0.2, 0.25) is 0 Å². The number of amides is 1. The third-order valence-electron chi connectivity index (χ3n) is 2.86. The van der Waals surface area contributed by atoms with Crippen LogP contribution in [0.25, 0.3) is 0 Å². The number of halogens is 2. The molecule has 0 unspecified atom stereocenters.